The molecule has 2 aromatic carbocycles. The lowest BCUT2D eigenvalue weighted by Crippen LogP contribution is -2.14. The number of amides is 1. The van der Waals surface area contributed by atoms with Gasteiger partial charge in [0, 0.05) is 17.9 Å². The number of pyridine rings is 1. The van der Waals surface area contributed by atoms with Crippen LogP contribution >= 0.6 is 0 Å². The maximum atomic E-state index is 14.1. The van der Waals surface area contributed by atoms with E-state index in [0.29, 0.717) is 0 Å². The molecule has 0 radical (unpaired) electrons. The van der Waals surface area contributed by atoms with Crippen LogP contribution in [0.15, 0.2) is 85.2 Å². The van der Waals surface area contributed by atoms with Crippen molar-refractivity contribution in [3.63, 3.8) is 0 Å². The number of benzene rings is 2. The van der Waals surface area contributed by atoms with Gasteiger partial charge in [-0.3, -0.25) is 4.79 Å². The number of halogens is 2. The van der Waals surface area contributed by atoms with E-state index in [2.05, 4.69) is 10.4 Å². The molecule has 0 saturated heterocycles. The zero-order valence-corrected chi connectivity index (χ0v) is 17.1. The zero-order valence-electron chi connectivity index (χ0n) is 17.1. The molecule has 0 aliphatic carbocycles. The van der Waals surface area contributed by atoms with Crippen LogP contribution in [-0.4, -0.2) is 20.1 Å². The predicted molar refractivity (Wildman–Crippen MR) is 119 cm³/mol. The van der Waals surface area contributed by atoms with E-state index in [1.165, 1.54) is 24.3 Å². The van der Waals surface area contributed by atoms with E-state index in [1.807, 2.05) is 34.9 Å². The lowest BCUT2D eigenvalue weighted by Gasteiger charge is -2.07. The van der Waals surface area contributed by atoms with Crippen LogP contribution in [0.2, 0.25) is 0 Å². The molecular formula is C25H18F2N4O. The molecule has 158 valence electrons. The first kappa shape index (κ1) is 19.7. The van der Waals surface area contributed by atoms with Gasteiger partial charge < -0.3 is 9.72 Å². The Morgan fingerprint density at radius 3 is 2.44 bits per heavy atom. The summed E-state index contributed by atoms with van der Waals surface area (Å²) in [5.41, 5.74) is 3.77. The number of anilines is 1. The fraction of sp³-hybridized carbons (Fsp3) is 0.0400. The van der Waals surface area contributed by atoms with Gasteiger partial charge in [0.1, 0.15) is 17.5 Å². The zero-order chi connectivity index (χ0) is 22.2. The van der Waals surface area contributed by atoms with E-state index in [9.17, 15) is 13.6 Å². The smallest absolute Gasteiger partial charge is 0.276 e. The predicted octanol–water partition coefficient (Wildman–Crippen LogP) is 5.63. The van der Waals surface area contributed by atoms with Crippen LogP contribution in [0.5, 0.6) is 0 Å². The molecule has 1 N–H and O–H groups in total. The number of hydrogen-bond donors (Lipinski definition) is 1. The standard InChI is InChI=1S/C25H18F2N4O/c1-16-2-10-22(21(27)14-16)28-25(32)23-12-13-31(29-23)24-11-9-20-8-5-18(15-30(20)24)17-3-6-19(26)7-4-17/h2-15H,1H3,(H,28,32). The van der Waals surface area contributed by atoms with Gasteiger partial charge >= 0.3 is 0 Å². The lowest BCUT2D eigenvalue weighted by molar-refractivity contribution is 0.102. The summed E-state index contributed by atoms with van der Waals surface area (Å²) < 4.78 is 30.9. The van der Waals surface area contributed by atoms with Gasteiger partial charge in [-0.2, -0.15) is 5.10 Å². The SMILES string of the molecule is Cc1ccc(NC(=O)c2ccn(-c3ccc4ccc(-c5ccc(F)cc5)cn34)n2)c(F)c1. The average Bonchev–Trinajstić information content (AvgIpc) is 3.43. The van der Waals surface area contributed by atoms with Crippen LogP contribution in [0.25, 0.3) is 22.5 Å². The highest BCUT2D eigenvalue weighted by Crippen LogP contribution is 2.23. The van der Waals surface area contributed by atoms with Gasteiger partial charge in [0.15, 0.2) is 5.69 Å². The van der Waals surface area contributed by atoms with Gasteiger partial charge in [0.25, 0.3) is 5.91 Å². The van der Waals surface area contributed by atoms with Crippen LogP contribution in [0.1, 0.15) is 16.1 Å². The fourth-order valence-corrected chi connectivity index (χ4v) is 3.57. The highest BCUT2D eigenvalue weighted by molar-refractivity contribution is 6.02. The number of fused-ring (bicyclic) bond motifs is 1. The van der Waals surface area contributed by atoms with E-state index in [4.69, 9.17) is 0 Å². The Morgan fingerprint density at radius 2 is 1.66 bits per heavy atom. The minimum Gasteiger partial charge on any atom is -0.318 e. The number of nitrogens with one attached hydrogen (secondary N) is 1. The largest absolute Gasteiger partial charge is 0.318 e. The molecule has 5 rings (SSSR count). The third-order valence-electron chi connectivity index (χ3n) is 5.24. The quantitative estimate of drug-likeness (QED) is 0.403. The van der Waals surface area contributed by atoms with E-state index in [-0.39, 0.29) is 17.2 Å². The normalized spacial score (nSPS) is 11.1. The summed E-state index contributed by atoms with van der Waals surface area (Å²) in [5, 5.41) is 6.93. The van der Waals surface area contributed by atoms with E-state index >= 15 is 0 Å². The number of carbonyl (C=O) groups excluding carboxylic acids is 1. The van der Waals surface area contributed by atoms with Crippen LogP contribution in [0.3, 0.4) is 0 Å². The lowest BCUT2D eigenvalue weighted by atomic mass is 10.1. The van der Waals surface area contributed by atoms with Crippen molar-refractivity contribution in [1.29, 1.82) is 0 Å². The third kappa shape index (κ3) is 3.65. The number of hydrogen-bond acceptors (Lipinski definition) is 2. The van der Waals surface area contributed by atoms with E-state index in [0.717, 1.165) is 28.0 Å². The number of nitrogens with zero attached hydrogens (tertiary/aromatic N) is 3. The molecule has 5 aromatic rings. The van der Waals surface area contributed by atoms with Crippen molar-refractivity contribution in [3.05, 3.63) is 108 Å². The fourth-order valence-electron chi connectivity index (χ4n) is 3.57. The Labute approximate surface area is 182 Å². The third-order valence-corrected chi connectivity index (χ3v) is 5.24. The van der Waals surface area contributed by atoms with Gasteiger partial charge in [-0.05, 0) is 72.1 Å². The molecule has 3 aromatic heterocycles. The minimum absolute atomic E-state index is 0.104. The van der Waals surface area contributed by atoms with E-state index in [1.54, 1.807) is 42.1 Å². The summed E-state index contributed by atoms with van der Waals surface area (Å²) in [4.78, 5) is 12.6. The Morgan fingerprint density at radius 1 is 0.906 bits per heavy atom. The molecule has 0 aliphatic rings. The summed E-state index contributed by atoms with van der Waals surface area (Å²) in [7, 11) is 0. The number of aryl methyl sites for hydroxylation is 1. The number of carbonyl (C=O) groups is 1. The minimum atomic E-state index is -0.501. The second kappa shape index (κ2) is 7.77. The van der Waals surface area contributed by atoms with Crippen molar-refractivity contribution in [3.8, 4) is 16.9 Å². The van der Waals surface area contributed by atoms with Crippen molar-refractivity contribution in [2.75, 3.05) is 5.32 Å². The average molecular weight is 428 g/mol. The van der Waals surface area contributed by atoms with Crippen LogP contribution in [0, 0.1) is 18.6 Å². The monoisotopic (exact) mass is 428 g/mol. The topological polar surface area (TPSA) is 51.3 Å². The van der Waals surface area contributed by atoms with Gasteiger partial charge in [0.05, 0.1) is 5.69 Å². The molecule has 1 amide bonds. The Hall–Kier alpha value is -4.26. The van der Waals surface area contributed by atoms with Crippen molar-refractivity contribution in [2.45, 2.75) is 6.92 Å². The van der Waals surface area contributed by atoms with Crippen molar-refractivity contribution in [1.82, 2.24) is 14.2 Å². The summed E-state index contributed by atoms with van der Waals surface area (Å²) in [5.74, 6) is -0.558. The number of rotatable bonds is 4. The maximum Gasteiger partial charge on any atom is 0.276 e. The van der Waals surface area contributed by atoms with Gasteiger partial charge in [-0.15, -0.1) is 0 Å². The Bertz CT molecular complexity index is 1450. The van der Waals surface area contributed by atoms with Crippen molar-refractivity contribution in [2.24, 2.45) is 0 Å². The molecule has 0 unspecified atom stereocenters. The first-order valence-corrected chi connectivity index (χ1v) is 9.98. The Balaban J connectivity index is 1.45. The molecule has 7 heteroatoms. The van der Waals surface area contributed by atoms with Crippen LogP contribution in [0.4, 0.5) is 14.5 Å². The Kier molecular flexibility index (Phi) is 4.78. The van der Waals surface area contributed by atoms with Crippen LogP contribution in [-0.2, 0) is 0 Å². The first-order valence-electron chi connectivity index (χ1n) is 9.98. The van der Waals surface area contributed by atoms with Gasteiger partial charge in [0.2, 0.25) is 0 Å². The molecule has 0 bridgehead atoms. The second-order valence-electron chi connectivity index (χ2n) is 7.49. The van der Waals surface area contributed by atoms with E-state index < -0.39 is 11.7 Å². The van der Waals surface area contributed by atoms with Gasteiger partial charge in [-0.1, -0.05) is 24.3 Å². The molecule has 5 nitrogen and oxygen atoms in total. The molecule has 0 saturated carbocycles. The highest BCUT2D eigenvalue weighted by atomic mass is 19.1. The van der Waals surface area contributed by atoms with Crippen molar-refractivity contribution >= 4 is 17.1 Å². The molecule has 0 atom stereocenters. The molecule has 0 fully saturated rings. The molecule has 3 heterocycles. The summed E-state index contributed by atoms with van der Waals surface area (Å²) in [6.45, 7) is 1.78. The summed E-state index contributed by atoms with van der Waals surface area (Å²) >= 11 is 0. The second-order valence-corrected chi connectivity index (χ2v) is 7.49. The molecular weight excluding hydrogens is 410 g/mol. The van der Waals surface area contributed by atoms with Gasteiger partial charge in [-0.25, -0.2) is 13.5 Å². The maximum absolute atomic E-state index is 14.1. The molecule has 0 aliphatic heterocycles. The molecule has 32 heavy (non-hydrogen) atoms. The molecule has 0 spiro atoms. The summed E-state index contributed by atoms with van der Waals surface area (Å²) in [6, 6.07) is 20.2. The highest BCUT2D eigenvalue weighted by Gasteiger charge is 2.14. The van der Waals surface area contributed by atoms with Crippen molar-refractivity contribution < 1.29 is 13.6 Å². The van der Waals surface area contributed by atoms with Crippen LogP contribution < -0.4 is 5.32 Å². The summed E-state index contributed by atoms with van der Waals surface area (Å²) in [6.07, 6.45) is 3.60. The first-order chi connectivity index (χ1) is 15.5. The number of aromatic nitrogens is 3.